The number of fused-ring (bicyclic) bond motifs is 1. The van der Waals surface area contributed by atoms with Crippen molar-refractivity contribution in [1.82, 2.24) is 5.32 Å². The number of nitrogens with one attached hydrogen (secondary N) is 1. The summed E-state index contributed by atoms with van der Waals surface area (Å²) in [6.45, 7) is 1.51. The zero-order valence-corrected chi connectivity index (χ0v) is 11.6. The third-order valence-electron chi connectivity index (χ3n) is 2.67. The van der Waals surface area contributed by atoms with Gasteiger partial charge in [-0.15, -0.1) is 11.3 Å². The first kappa shape index (κ1) is 13.6. The molecule has 2 amide bonds. The maximum absolute atomic E-state index is 12.0. The van der Waals surface area contributed by atoms with E-state index in [4.69, 9.17) is 23.1 Å². The van der Waals surface area contributed by atoms with Crippen LogP contribution in [0.5, 0.6) is 0 Å². The fourth-order valence-electron chi connectivity index (χ4n) is 1.59. The number of carbonyl (C=O) groups excluding carboxylic acids is 2. The van der Waals surface area contributed by atoms with Gasteiger partial charge in [-0.2, -0.15) is 0 Å². The molecule has 5 nitrogen and oxygen atoms in total. The first-order valence-corrected chi connectivity index (χ1v) is 6.67. The molecule has 0 aliphatic heterocycles. The van der Waals surface area contributed by atoms with Crippen molar-refractivity contribution >= 4 is 50.5 Å². The Kier molecular flexibility index (Phi) is 3.64. The lowest BCUT2D eigenvalue weighted by Gasteiger charge is -2.09. The van der Waals surface area contributed by atoms with Crippen molar-refractivity contribution in [3.05, 3.63) is 28.1 Å². The molecule has 0 radical (unpaired) electrons. The normalized spacial score (nSPS) is 12.3. The van der Waals surface area contributed by atoms with E-state index in [0.29, 0.717) is 15.6 Å². The molecule has 1 atom stereocenters. The molecule has 2 aromatic rings. The van der Waals surface area contributed by atoms with Crippen molar-refractivity contribution < 1.29 is 9.59 Å². The minimum Gasteiger partial charge on any atom is -0.397 e. The van der Waals surface area contributed by atoms with Gasteiger partial charge in [-0.05, 0) is 25.1 Å². The van der Waals surface area contributed by atoms with E-state index in [1.165, 1.54) is 18.3 Å². The Morgan fingerprint density at radius 3 is 2.74 bits per heavy atom. The molecular weight excluding hydrogens is 286 g/mol. The first-order valence-electron chi connectivity index (χ1n) is 5.48. The topological polar surface area (TPSA) is 98.2 Å². The fraction of sp³-hybridized carbons (Fsp3) is 0.167. The summed E-state index contributed by atoms with van der Waals surface area (Å²) in [5, 5.41) is 3.84. The minimum atomic E-state index is -0.749. The molecule has 1 unspecified atom stereocenters. The average Bonchev–Trinajstić information content (AvgIpc) is 2.66. The Balaban J connectivity index is 2.37. The lowest BCUT2D eigenvalue weighted by atomic mass is 10.2. The molecule has 2 rings (SSSR count). The van der Waals surface area contributed by atoms with Crippen molar-refractivity contribution in [2.75, 3.05) is 5.73 Å². The van der Waals surface area contributed by atoms with Gasteiger partial charge in [0.2, 0.25) is 5.91 Å². The number of primary amides is 1. The number of nitrogen functional groups attached to an aromatic ring is 1. The smallest absolute Gasteiger partial charge is 0.264 e. The highest BCUT2D eigenvalue weighted by molar-refractivity contribution is 7.21. The second kappa shape index (κ2) is 5.07. The van der Waals surface area contributed by atoms with Gasteiger partial charge in [0.15, 0.2) is 0 Å². The summed E-state index contributed by atoms with van der Waals surface area (Å²) in [5.74, 6) is -1.02. The summed E-state index contributed by atoms with van der Waals surface area (Å²) >= 11 is 7.12. The van der Waals surface area contributed by atoms with Gasteiger partial charge in [0.05, 0.1) is 5.69 Å². The number of carbonyl (C=O) groups is 2. The van der Waals surface area contributed by atoms with Gasteiger partial charge in [0.25, 0.3) is 5.91 Å². The summed E-state index contributed by atoms with van der Waals surface area (Å²) in [6, 6.07) is 4.46. The molecule has 1 aromatic heterocycles. The summed E-state index contributed by atoms with van der Waals surface area (Å²) < 4.78 is 0.821. The van der Waals surface area contributed by atoms with Crippen LogP contribution in [0, 0.1) is 0 Å². The van der Waals surface area contributed by atoms with Crippen LogP contribution in [0.1, 0.15) is 16.6 Å². The van der Waals surface area contributed by atoms with Gasteiger partial charge in [-0.1, -0.05) is 11.6 Å². The first-order chi connectivity index (χ1) is 8.90. The van der Waals surface area contributed by atoms with E-state index in [0.717, 1.165) is 10.1 Å². The van der Waals surface area contributed by atoms with E-state index in [9.17, 15) is 9.59 Å². The van der Waals surface area contributed by atoms with E-state index < -0.39 is 17.9 Å². The number of anilines is 1. The summed E-state index contributed by atoms with van der Waals surface area (Å²) in [6.07, 6.45) is 0. The van der Waals surface area contributed by atoms with E-state index in [2.05, 4.69) is 5.32 Å². The Hall–Kier alpha value is -1.79. The largest absolute Gasteiger partial charge is 0.397 e. The average molecular weight is 298 g/mol. The minimum absolute atomic E-state index is 0.352. The van der Waals surface area contributed by atoms with Crippen LogP contribution < -0.4 is 16.8 Å². The van der Waals surface area contributed by atoms with Crippen LogP contribution in [0.4, 0.5) is 5.69 Å². The van der Waals surface area contributed by atoms with Gasteiger partial charge < -0.3 is 16.8 Å². The molecule has 0 aliphatic carbocycles. The number of halogens is 1. The monoisotopic (exact) mass is 297 g/mol. The highest BCUT2D eigenvalue weighted by Gasteiger charge is 2.19. The predicted molar refractivity (Wildman–Crippen MR) is 77.4 cm³/mol. The van der Waals surface area contributed by atoms with Crippen molar-refractivity contribution in [1.29, 1.82) is 0 Å². The van der Waals surface area contributed by atoms with Gasteiger partial charge in [0.1, 0.15) is 10.9 Å². The molecule has 1 heterocycles. The van der Waals surface area contributed by atoms with E-state index in [-0.39, 0.29) is 0 Å². The SMILES string of the molecule is CC(NC(=O)c1sc2cc(Cl)ccc2c1N)C(N)=O. The van der Waals surface area contributed by atoms with Crippen molar-refractivity contribution in [3.63, 3.8) is 0 Å². The Labute approximate surface area is 118 Å². The quantitative estimate of drug-likeness (QED) is 0.804. The molecular formula is C12H12ClN3O2S. The number of benzene rings is 1. The van der Waals surface area contributed by atoms with Gasteiger partial charge in [0, 0.05) is 15.1 Å². The number of amides is 2. The summed E-state index contributed by atoms with van der Waals surface area (Å²) in [4.78, 5) is 23.3. The maximum Gasteiger partial charge on any atom is 0.264 e. The van der Waals surface area contributed by atoms with Crippen molar-refractivity contribution in [2.24, 2.45) is 5.73 Å². The van der Waals surface area contributed by atoms with Crippen LogP contribution in [0.2, 0.25) is 5.02 Å². The fourth-order valence-corrected chi connectivity index (χ4v) is 2.89. The second-order valence-electron chi connectivity index (χ2n) is 4.08. The number of hydrogen-bond acceptors (Lipinski definition) is 4. The number of thiophene rings is 1. The number of hydrogen-bond donors (Lipinski definition) is 3. The Bertz CT molecular complexity index is 668. The van der Waals surface area contributed by atoms with Gasteiger partial charge in [-0.3, -0.25) is 9.59 Å². The Morgan fingerprint density at radius 2 is 2.11 bits per heavy atom. The van der Waals surface area contributed by atoms with Crippen molar-refractivity contribution in [3.8, 4) is 0 Å². The molecule has 7 heteroatoms. The molecule has 0 saturated carbocycles. The summed E-state index contributed by atoms with van der Waals surface area (Å²) in [5.41, 5.74) is 11.4. The van der Waals surface area contributed by atoms with Crippen LogP contribution in [0.15, 0.2) is 18.2 Å². The van der Waals surface area contributed by atoms with E-state index in [1.54, 1.807) is 18.2 Å². The van der Waals surface area contributed by atoms with Gasteiger partial charge in [-0.25, -0.2) is 0 Å². The number of rotatable bonds is 3. The Morgan fingerprint density at radius 1 is 1.42 bits per heavy atom. The van der Waals surface area contributed by atoms with E-state index in [1.807, 2.05) is 0 Å². The molecule has 1 aromatic carbocycles. The maximum atomic E-state index is 12.0. The highest BCUT2D eigenvalue weighted by atomic mass is 35.5. The molecule has 100 valence electrons. The molecule has 0 spiro atoms. The van der Waals surface area contributed by atoms with Crippen LogP contribution in [-0.2, 0) is 4.79 Å². The molecule has 5 N–H and O–H groups in total. The highest BCUT2D eigenvalue weighted by Crippen LogP contribution is 2.35. The van der Waals surface area contributed by atoms with E-state index >= 15 is 0 Å². The third kappa shape index (κ3) is 2.64. The lowest BCUT2D eigenvalue weighted by Crippen LogP contribution is -2.42. The zero-order chi connectivity index (χ0) is 14.2. The van der Waals surface area contributed by atoms with Crippen molar-refractivity contribution in [2.45, 2.75) is 13.0 Å². The predicted octanol–water partition coefficient (Wildman–Crippen LogP) is 1.74. The third-order valence-corrected chi connectivity index (χ3v) is 4.07. The lowest BCUT2D eigenvalue weighted by molar-refractivity contribution is -0.119. The molecule has 19 heavy (non-hydrogen) atoms. The van der Waals surface area contributed by atoms with Crippen LogP contribution in [-0.4, -0.2) is 17.9 Å². The molecule has 0 fully saturated rings. The zero-order valence-electron chi connectivity index (χ0n) is 10.1. The van der Waals surface area contributed by atoms with Crippen LogP contribution >= 0.6 is 22.9 Å². The second-order valence-corrected chi connectivity index (χ2v) is 5.57. The standard InChI is InChI=1S/C12H12ClN3O2S/c1-5(11(15)17)16-12(18)10-9(14)7-3-2-6(13)4-8(7)19-10/h2-5H,14H2,1H3,(H2,15,17)(H,16,18). The van der Waals surface area contributed by atoms with Gasteiger partial charge >= 0.3 is 0 Å². The molecule has 0 aliphatic rings. The van der Waals surface area contributed by atoms with Crippen LogP contribution in [0.25, 0.3) is 10.1 Å². The summed E-state index contributed by atoms with van der Waals surface area (Å²) in [7, 11) is 0. The van der Waals surface area contributed by atoms with Crippen LogP contribution in [0.3, 0.4) is 0 Å². The molecule has 0 saturated heterocycles. The number of nitrogens with two attached hydrogens (primary N) is 2. The molecule has 0 bridgehead atoms.